The van der Waals surface area contributed by atoms with Gasteiger partial charge in [0.1, 0.15) is 12.4 Å². The van der Waals surface area contributed by atoms with Gasteiger partial charge in [-0.25, -0.2) is 4.79 Å². The van der Waals surface area contributed by atoms with E-state index in [1.165, 1.54) is 22.3 Å². The molecule has 33 heavy (non-hydrogen) atoms. The Balaban J connectivity index is 1.14. The molecule has 164 valence electrons. The number of carbonyl (C=O) groups is 1. The fraction of sp³-hybridized carbons (Fsp3) is 0.138. The summed E-state index contributed by atoms with van der Waals surface area (Å²) in [7, 11) is 0. The molecule has 4 aromatic rings. The Labute approximate surface area is 193 Å². The summed E-state index contributed by atoms with van der Waals surface area (Å²) < 4.78 is 5.56. The van der Waals surface area contributed by atoms with Gasteiger partial charge < -0.3 is 15.2 Å². The summed E-state index contributed by atoms with van der Waals surface area (Å²) in [5.41, 5.74) is 5.58. The summed E-state index contributed by atoms with van der Waals surface area (Å²) in [4.78, 5) is 12.3. The first-order valence-electron chi connectivity index (χ1n) is 11.2. The van der Waals surface area contributed by atoms with Gasteiger partial charge in [-0.2, -0.15) is 0 Å². The van der Waals surface area contributed by atoms with Crippen LogP contribution in [0.4, 0.5) is 4.79 Å². The Kier molecular flexibility index (Phi) is 5.81. The molecule has 1 aliphatic rings. The van der Waals surface area contributed by atoms with Crippen molar-refractivity contribution in [3.63, 3.8) is 0 Å². The molecule has 4 aromatic carbocycles. The van der Waals surface area contributed by atoms with E-state index in [0.29, 0.717) is 19.6 Å². The summed E-state index contributed by atoms with van der Waals surface area (Å²) in [5, 5.41) is 15.1. The average molecular weight is 436 g/mol. The van der Waals surface area contributed by atoms with Crippen molar-refractivity contribution in [3.8, 4) is 16.9 Å². The van der Waals surface area contributed by atoms with Gasteiger partial charge in [0.25, 0.3) is 0 Å². The third-order valence-corrected chi connectivity index (χ3v) is 6.15. The molecule has 0 bridgehead atoms. The number of ether oxygens (including phenoxy) is 1. The standard InChI is InChI=1S/C29H25NO3/c31-28-21(17-16-20-9-1-2-11-22(20)28)10-7-8-18-30-29(32)33-19-27-25-14-5-3-12-23(25)24-13-4-6-15-26(24)27/h1-7,9-17,27,31H,8,18-19H2,(H,30,32). The molecule has 0 heterocycles. The number of rotatable bonds is 6. The van der Waals surface area contributed by atoms with E-state index < -0.39 is 6.09 Å². The zero-order chi connectivity index (χ0) is 22.6. The first-order valence-corrected chi connectivity index (χ1v) is 11.2. The lowest BCUT2D eigenvalue weighted by Gasteiger charge is -2.14. The first-order chi connectivity index (χ1) is 16.2. The Morgan fingerprint density at radius 3 is 2.30 bits per heavy atom. The highest BCUT2D eigenvalue weighted by molar-refractivity contribution is 5.91. The molecule has 0 aromatic heterocycles. The summed E-state index contributed by atoms with van der Waals surface area (Å²) in [5.74, 6) is 0.327. The molecule has 5 rings (SSSR count). The van der Waals surface area contributed by atoms with Crippen LogP contribution in [-0.2, 0) is 4.74 Å². The molecule has 4 nitrogen and oxygen atoms in total. The second kappa shape index (κ2) is 9.21. The van der Waals surface area contributed by atoms with E-state index in [9.17, 15) is 9.90 Å². The van der Waals surface area contributed by atoms with E-state index >= 15 is 0 Å². The lowest BCUT2D eigenvalue weighted by atomic mass is 9.98. The topological polar surface area (TPSA) is 58.6 Å². The van der Waals surface area contributed by atoms with Crippen LogP contribution in [-0.4, -0.2) is 24.4 Å². The minimum atomic E-state index is -0.418. The van der Waals surface area contributed by atoms with Crippen LogP contribution in [0.3, 0.4) is 0 Å². The monoisotopic (exact) mass is 435 g/mol. The number of hydrogen-bond donors (Lipinski definition) is 2. The zero-order valence-electron chi connectivity index (χ0n) is 18.2. The van der Waals surface area contributed by atoms with Gasteiger partial charge >= 0.3 is 6.09 Å². The lowest BCUT2D eigenvalue weighted by Crippen LogP contribution is -2.26. The van der Waals surface area contributed by atoms with Gasteiger partial charge in [-0.1, -0.05) is 97.1 Å². The van der Waals surface area contributed by atoms with Crippen LogP contribution >= 0.6 is 0 Å². The summed E-state index contributed by atoms with van der Waals surface area (Å²) in [6.45, 7) is 0.766. The van der Waals surface area contributed by atoms with E-state index in [1.54, 1.807) is 0 Å². The van der Waals surface area contributed by atoms with Gasteiger partial charge in [-0.3, -0.25) is 0 Å². The normalized spacial score (nSPS) is 12.6. The molecule has 0 radical (unpaired) electrons. The SMILES string of the molecule is O=C(NCCC=Cc1ccc2ccccc2c1O)OCC1c2ccccc2-c2ccccc21. The maximum Gasteiger partial charge on any atom is 0.407 e. The van der Waals surface area contributed by atoms with Crippen LogP contribution < -0.4 is 5.32 Å². The minimum absolute atomic E-state index is 0.0546. The highest BCUT2D eigenvalue weighted by atomic mass is 16.5. The fourth-order valence-corrected chi connectivity index (χ4v) is 4.52. The third kappa shape index (κ3) is 4.20. The molecular formula is C29H25NO3. The molecule has 0 saturated heterocycles. The van der Waals surface area contributed by atoms with Gasteiger partial charge in [0.2, 0.25) is 0 Å². The van der Waals surface area contributed by atoms with E-state index in [2.05, 4.69) is 29.6 Å². The van der Waals surface area contributed by atoms with Crippen LogP contribution in [0.5, 0.6) is 5.75 Å². The number of phenols is 1. The van der Waals surface area contributed by atoms with E-state index in [-0.39, 0.29) is 11.7 Å². The number of aromatic hydroxyl groups is 1. The average Bonchev–Trinajstić information content (AvgIpc) is 3.18. The molecule has 0 saturated carbocycles. The quantitative estimate of drug-likeness (QED) is 0.341. The fourth-order valence-electron chi connectivity index (χ4n) is 4.52. The largest absolute Gasteiger partial charge is 0.507 e. The van der Waals surface area contributed by atoms with Crippen molar-refractivity contribution < 1.29 is 14.6 Å². The Bertz CT molecular complexity index is 1300. The van der Waals surface area contributed by atoms with Crippen molar-refractivity contribution in [3.05, 3.63) is 108 Å². The lowest BCUT2D eigenvalue weighted by molar-refractivity contribution is 0.143. The number of carbonyl (C=O) groups excluding carboxylic acids is 1. The number of fused-ring (bicyclic) bond motifs is 4. The number of phenolic OH excluding ortho intramolecular Hbond substituents is 1. The van der Waals surface area contributed by atoms with Gasteiger partial charge in [0.05, 0.1) is 0 Å². The van der Waals surface area contributed by atoms with Crippen molar-refractivity contribution in [2.45, 2.75) is 12.3 Å². The van der Waals surface area contributed by atoms with Gasteiger partial charge in [0.15, 0.2) is 0 Å². The van der Waals surface area contributed by atoms with Crippen LogP contribution in [0.1, 0.15) is 29.0 Å². The number of hydrogen-bond acceptors (Lipinski definition) is 3. The summed E-state index contributed by atoms with van der Waals surface area (Å²) in [6, 6.07) is 28.2. The molecule has 0 aliphatic heterocycles. The molecule has 1 amide bonds. The molecular weight excluding hydrogens is 410 g/mol. The third-order valence-electron chi connectivity index (χ3n) is 6.15. The highest BCUT2D eigenvalue weighted by Crippen LogP contribution is 2.44. The number of nitrogens with one attached hydrogen (secondary N) is 1. The van der Waals surface area contributed by atoms with Gasteiger partial charge in [-0.15, -0.1) is 0 Å². The molecule has 4 heteroatoms. The number of benzene rings is 4. The summed E-state index contributed by atoms with van der Waals surface area (Å²) in [6.07, 6.45) is 4.03. The van der Waals surface area contributed by atoms with Crippen LogP contribution in [0.25, 0.3) is 28.0 Å². The molecule has 0 atom stereocenters. The second-order valence-electron chi connectivity index (χ2n) is 8.17. The molecule has 0 fully saturated rings. The van der Waals surface area contributed by atoms with Crippen LogP contribution in [0, 0.1) is 0 Å². The second-order valence-corrected chi connectivity index (χ2v) is 8.17. The first kappa shape index (κ1) is 20.8. The Hall–Kier alpha value is -4.05. The number of alkyl carbamates (subject to hydrolysis) is 1. The Morgan fingerprint density at radius 2 is 1.55 bits per heavy atom. The van der Waals surface area contributed by atoms with Gasteiger partial charge in [0, 0.05) is 23.4 Å². The van der Waals surface area contributed by atoms with Crippen molar-refractivity contribution in [2.24, 2.45) is 0 Å². The minimum Gasteiger partial charge on any atom is -0.507 e. The maximum atomic E-state index is 12.3. The molecule has 0 unspecified atom stereocenters. The van der Waals surface area contributed by atoms with Crippen molar-refractivity contribution >= 4 is 22.9 Å². The predicted octanol–water partition coefficient (Wildman–Crippen LogP) is 6.49. The van der Waals surface area contributed by atoms with Crippen LogP contribution in [0.2, 0.25) is 0 Å². The summed E-state index contributed by atoms with van der Waals surface area (Å²) >= 11 is 0. The Morgan fingerprint density at radius 1 is 0.879 bits per heavy atom. The number of amides is 1. The smallest absolute Gasteiger partial charge is 0.407 e. The van der Waals surface area contributed by atoms with Crippen LogP contribution in [0.15, 0.2) is 91.0 Å². The molecule has 2 N–H and O–H groups in total. The zero-order valence-corrected chi connectivity index (χ0v) is 18.2. The maximum absolute atomic E-state index is 12.3. The highest BCUT2D eigenvalue weighted by Gasteiger charge is 2.28. The predicted molar refractivity (Wildman–Crippen MR) is 132 cm³/mol. The van der Waals surface area contributed by atoms with E-state index in [1.807, 2.05) is 72.8 Å². The van der Waals surface area contributed by atoms with Crippen molar-refractivity contribution in [1.82, 2.24) is 5.32 Å². The van der Waals surface area contributed by atoms with Gasteiger partial charge in [-0.05, 0) is 34.1 Å². The molecule has 0 spiro atoms. The van der Waals surface area contributed by atoms with Crippen molar-refractivity contribution in [1.29, 1.82) is 0 Å². The van der Waals surface area contributed by atoms with E-state index in [4.69, 9.17) is 4.74 Å². The van der Waals surface area contributed by atoms with E-state index in [0.717, 1.165) is 16.3 Å². The van der Waals surface area contributed by atoms with Crippen molar-refractivity contribution in [2.75, 3.05) is 13.2 Å². The molecule has 1 aliphatic carbocycles.